The minimum absolute atomic E-state index is 0.0890. The lowest BCUT2D eigenvalue weighted by molar-refractivity contribution is 0.102. The van der Waals surface area contributed by atoms with Crippen LogP contribution in [0.4, 0.5) is 6.01 Å². The SMILES string of the molecule is Cc1cc(C)cc(-c2nnc(NC(=O)c3cccc(SC(C)C)c3)o2)c1. The zero-order valence-electron chi connectivity index (χ0n) is 15.2. The van der Waals surface area contributed by atoms with Gasteiger partial charge in [-0.15, -0.1) is 16.9 Å². The first-order valence-corrected chi connectivity index (χ1v) is 9.29. The standard InChI is InChI=1S/C20H21N3O2S/c1-12(2)26-17-7-5-6-15(11-17)18(24)21-20-23-22-19(25-20)16-9-13(3)8-14(4)10-16/h5-12H,1-4H3,(H,21,23,24). The Kier molecular flexibility index (Phi) is 5.42. The largest absolute Gasteiger partial charge is 0.403 e. The van der Waals surface area contributed by atoms with Crippen LogP contribution in [0.15, 0.2) is 51.8 Å². The van der Waals surface area contributed by atoms with Gasteiger partial charge < -0.3 is 4.42 Å². The van der Waals surface area contributed by atoms with Crippen molar-refractivity contribution in [1.82, 2.24) is 10.2 Å². The molecule has 0 radical (unpaired) electrons. The quantitative estimate of drug-likeness (QED) is 0.635. The number of amides is 1. The third-order valence-corrected chi connectivity index (χ3v) is 4.58. The molecule has 5 nitrogen and oxygen atoms in total. The fraction of sp³-hybridized carbons (Fsp3) is 0.250. The average Bonchev–Trinajstić information content (AvgIpc) is 3.02. The molecule has 6 heteroatoms. The highest BCUT2D eigenvalue weighted by Crippen LogP contribution is 2.25. The molecule has 0 aliphatic carbocycles. The van der Waals surface area contributed by atoms with E-state index in [1.54, 1.807) is 17.8 Å². The van der Waals surface area contributed by atoms with Crippen LogP contribution in [0.25, 0.3) is 11.5 Å². The topological polar surface area (TPSA) is 68.0 Å². The number of nitrogens with one attached hydrogen (secondary N) is 1. The monoisotopic (exact) mass is 367 g/mol. The van der Waals surface area contributed by atoms with Gasteiger partial charge in [-0.25, -0.2) is 0 Å². The van der Waals surface area contributed by atoms with Gasteiger partial charge in [-0.3, -0.25) is 10.1 Å². The van der Waals surface area contributed by atoms with Gasteiger partial charge in [-0.1, -0.05) is 42.2 Å². The Morgan fingerprint density at radius 3 is 2.50 bits per heavy atom. The molecule has 1 heterocycles. The van der Waals surface area contributed by atoms with E-state index in [1.165, 1.54) is 0 Å². The number of benzene rings is 2. The highest BCUT2D eigenvalue weighted by molar-refractivity contribution is 7.99. The van der Waals surface area contributed by atoms with Gasteiger partial charge in [0.2, 0.25) is 5.89 Å². The van der Waals surface area contributed by atoms with Crippen molar-refractivity contribution in [2.75, 3.05) is 5.32 Å². The number of hydrogen-bond donors (Lipinski definition) is 1. The normalized spacial score (nSPS) is 11.0. The maximum absolute atomic E-state index is 12.5. The van der Waals surface area contributed by atoms with Crippen molar-refractivity contribution in [1.29, 1.82) is 0 Å². The highest BCUT2D eigenvalue weighted by Gasteiger charge is 2.14. The molecule has 2 aromatic carbocycles. The van der Waals surface area contributed by atoms with E-state index in [0.29, 0.717) is 16.7 Å². The first-order chi connectivity index (χ1) is 12.4. The van der Waals surface area contributed by atoms with Crippen molar-refractivity contribution in [3.05, 3.63) is 59.2 Å². The molecule has 1 amide bonds. The second-order valence-electron chi connectivity index (χ2n) is 6.44. The predicted octanol–water partition coefficient (Wildman–Crippen LogP) is 5.11. The van der Waals surface area contributed by atoms with E-state index >= 15 is 0 Å². The van der Waals surface area contributed by atoms with Crippen molar-refractivity contribution in [2.45, 2.75) is 37.8 Å². The number of aromatic nitrogens is 2. The van der Waals surface area contributed by atoms with Gasteiger partial charge in [-0.05, 0) is 44.2 Å². The van der Waals surface area contributed by atoms with Crippen LogP contribution < -0.4 is 5.32 Å². The second kappa shape index (κ2) is 7.74. The number of rotatable bonds is 5. The number of carbonyl (C=O) groups excluding carboxylic acids is 1. The van der Waals surface area contributed by atoms with Gasteiger partial charge in [0, 0.05) is 21.3 Å². The zero-order chi connectivity index (χ0) is 18.7. The molecule has 0 spiro atoms. The molecule has 26 heavy (non-hydrogen) atoms. The second-order valence-corrected chi connectivity index (χ2v) is 8.09. The number of carbonyl (C=O) groups is 1. The molecule has 0 unspecified atom stereocenters. The molecule has 3 rings (SSSR count). The fourth-order valence-electron chi connectivity index (χ4n) is 2.64. The Hall–Kier alpha value is -2.60. The fourth-order valence-corrected chi connectivity index (χ4v) is 3.54. The van der Waals surface area contributed by atoms with E-state index in [2.05, 4.69) is 35.4 Å². The maximum atomic E-state index is 12.5. The lowest BCUT2D eigenvalue weighted by atomic mass is 10.1. The Labute approximate surface area is 157 Å². The Balaban J connectivity index is 1.75. The van der Waals surface area contributed by atoms with Crippen molar-refractivity contribution in [3.63, 3.8) is 0 Å². The molecule has 0 aliphatic rings. The number of nitrogens with zero attached hydrogens (tertiary/aromatic N) is 2. The summed E-state index contributed by atoms with van der Waals surface area (Å²) in [5.41, 5.74) is 3.62. The predicted molar refractivity (Wildman–Crippen MR) is 105 cm³/mol. The van der Waals surface area contributed by atoms with Crippen molar-refractivity contribution >= 4 is 23.7 Å². The summed E-state index contributed by atoms with van der Waals surface area (Å²) in [6.45, 7) is 8.25. The van der Waals surface area contributed by atoms with Crippen LogP contribution in [0, 0.1) is 13.8 Å². The molecular weight excluding hydrogens is 346 g/mol. The first-order valence-electron chi connectivity index (χ1n) is 8.41. The van der Waals surface area contributed by atoms with E-state index in [4.69, 9.17) is 4.42 Å². The van der Waals surface area contributed by atoms with E-state index in [0.717, 1.165) is 21.6 Å². The summed E-state index contributed by atoms with van der Waals surface area (Å²) in [6, 6.07) is 13.6. The molecule has 0 aliphatic heterocycles. The van der Waals surface area contributed by atoms with Crippen molar-refractivity contribution in [2.24, 2.45) is 0 Å². The molecule has 0 atom stereocenters. The molecule has 0 fully saturated rings. The van der Waals surface area contributed by atoms with Crippen LogP contribution in [0.3, 0.4) is 0 Å². The lowest BCUT2D eigenvalue weighted by Gasteiger charge is -2.06. The van der Waals surface area contributed by atoms with Crippen LogP contribution in [-0.4, -0.2) is 21.4 Å². The number of anilines is 1. The third kappa shape index (κ3) is 4.52. The summed E-state index contributed by atoms with van der Waals surface area (Å²) in [7, 11) is 0. The molecule has 1 N–H and O–H groups in total. The summed E-state index contributed by atoms with van der Waals surface area (Å²) < 4.78 is 5.61. The van der Waals surface area contributed by atoms with Crippen LogP contribution in [0.2, 0.25) is 0 Å². The van der Waals surface area contributed by atoms with E-state index in [-0.39, 0.29) is 11.9 Å². The van der Waals surface area contributed by atoms with Gasteiger partial charge in [-0.2, -0.15) is 0 Å². The number of thioether (sulfide) groups is 1. The Bertz CT molecular complexity index is 914. The zero-order valence-corrected chi connectivity index (χ0v) is 16.1. The summed E-state index contributed by atoms with van der Waals surface area (Å²) in [5.74, 6) is 0.114. The van der Waals surface area contributed by atoms with Crippen molar-refractivity contribution < 1.29 is 9.21 Å². The number of aryl methyl sites for hydroxylation is 2. The Morgan fingerprint density at radius 2 is 1.81 bits per heavy atom. The van der Waals surface area contributed by atoms with E-state index in [9.17, 15) is 4.79 Å². The molecule has 0 bridgehead atoms. The first kappa shape index (κ1) is 18.2. The molecule has 0 saturated carbocycles. The van der Waals surface area contributed by atoms with Crippen molar-refractivity contribution in [3.8, 4) is 11.5 Å². The van der Waals surface area contributed by atoms with Crippen LogP contribution in [-0.2, 0) is 0 Å². The smallest absolute Gasteiger partial charge is 0.322 e. The average molecular weight is 367 g/mol. The van der Waals surface area contributed by atoms with Gasteiger partial charge in [0.15, 0.2) is 0 Å². The lowest BCUT2D eigenvalue weighted by Crippen LogP contribution is -2.12. The van der Waals surface area contributed by atoms with Crippen LogP contribution in [0.5, 0.6) is 0 Å². The summed E-state index contributed by atoms with van der Waals surface area (Å²) in [5, 5.41) is 11.1. The van der Waals surface area contributed by atoms with E-state index in [1.807, 2.05) is 44.2 Å². The molecule has 0 saturated heterocycles. The van der Waals surface area contributed by atoms with Gasteiger partial charge in [0.25, 0.3) is 5.91 Å². The molecule has 134 valence electrons. The highest BCUT2D eigenvalue weighted by atomic mass is 32.2. The van der Waals surface area contributed by atoms with E-state index < -0.39 is 0 Å². The summed E-state index contributed by atoms with van der Waals surface area (Å²) >= 11 is 1.71. The Morgan fingerprint density at radius 1 is 1.08 bits per heavy atom. The minimum Gasteiger partial charge on any atom is -0.403 e. The van der Waals surface area contributed by atoms with Gasteiger partial charge in [0.05, 0.1) is 0 Å². The molecule has 3 aromatic rings. The summed E-state index contributed by atoms with van der Waals surface area (Å²) in [4.78, 5) is 13.5. The number of hydrogen-bond acceptors (Lipinski definition) is 5. The van der Waals surface area contributed by atoms with Gasteiger partial charge in [0.1, 0.15) is 0 Å². The van der Waals surface area contributed by atoms with Crippen LogP contribution >= 0.6 is 11.8 Å². The minimum atomic E-state index is -0.271. The molecular formula is C20H21N3O2S. The van der Waals surface area contributed by atoms with Gasteiger partial charge >= 0.3 is 6.01 Å². The summed E-state index contributed by atoms with van der Waals surface area (Å²) in [6.07, 6.45) is 0. The third-order valence-electron chi connectivity index (χ3n) is 3.58. The maximum Gasteiger partial charge on any atom is 0.322 e. The van der Waals surface area contributed by atoms with Crippen LogP contribution in [0.1, 0.15) is 35.3 Å². The molecule has 1 aromatic heterocycles.